The molecule has 0 saturated heterocycles. The molecule has 2 rings (SSSR count). The van der Waals surface area contributed by atoms with Crippen LogP contribution in [0.4, 0.5) is 5.69 Å². The first-order valence-corrected chi connectivity index (χ1v) is 9.93. The van der Waals surface area contributed by atoms with Crippen LogP contribution in [0.3, 0.4) is 0 Å². The molecule has 0 fully saturated rings. The molecule has 9 heteroatoms. The number of likely N-dealkylation sites (N-methyl/N-ethyl adjacent to an activating group) is 1. The lowest BCUT2D eigenvalue weighted by molar-refractivity contribution is -0.116. The predicted octanol–water partition coefficient (Wildman–Crippen LogP) is 1.96. The summed E-state index contributed by atoms with van der Waals surface area (Å²) in [5.41, 5.74) is 0.632. The molecule has 0 aromatic heterocycles. The van der Waals surface area contributed by atoms with Crippen LogP contribution in [0.1, 0.15) is 10.4 Å². The molecule has 2 aromatic rings. The molecule has 2 amide bonds. The van der Waals surface area contributed by atoms with Crippen LogP contribution < -0.4 is 10.0 Å². The highest BCUT2D eigenvalue weighted by Gasteiger charge is 2.19. The highest BCUT2D eigenvalue weighted by Crippen LogP contribution is 2.15. The molecule has 0 bridgehead atoms. The fourth-order valence-electron chi connectivity index (χ4n) is 2.29. The molecule has 0 unspecified atom stereocenters. The van der Waals surface area contributed by atoms with Gasteiger partial charge in [-0.1, -0.05) is 29.7 Å². The Hall–Kier alpha value is -2.86. The summed E-state index contributed by atoms with van der Waals surface area (Å²) in [6.45, 7) is -0.387. The molecule has 0 aliphatic rings. The summed E-state index contributed by atoms with van der Waals surface area (Å²) in [5.74, 6) is 1.25. The summed E-state index contributed by atoms with van der Waals surface area (Å²) >= 11 is 5.87. The van der Waals surface area contributed by atoms with Crippen molar-refractivity contribution in [3.8, 4) is 12.3 Å². The summed E-state index contributed by atoms with van der Waals surface area (Å²) in [4.78, 5) is 25.8. The van der Waals surface area contributed by atoms with E-state index in [-0.39, 0.29) is 23.5 Å². The maximum Gasteiger partial charge on any atom is 0.254 e. The number of carbonyl (C=O) groups is 2. The molecule has 0 aliphatic heterocycles. The van der Waals surface area contributed by atoms with Crippen LogP contribution in [-0.2, 0) is 14.8 Å². The maximum atomic E-state index is 12.6. The summed E-state index contributed by atoms with van der Waals surface area (Å²) < 4.78 is 26.5. The number of nitrogens with one attached hydrogen (secondary N) is 2. The number of nitrogens with zero attached hydrogens (tertiary/aromatic N) is 1. The van der Waals surface area contributed by atoms with E-state index in [0.717, 1.165) is 0 Å². The smallest absolute Gasteiger partial charge is 0.254 e. The van der Waals surface area contributed by atoms with E-state index < -0.39 is 21.8 Å². The number of halogens is 1. The van der Waals surface area contributed by atoms with Crippen LogP contribution in [0.2, 0.25) is 5.02 Å². The number of sulfonamides is 1. The molecular formula is C19H18ClN3O4S. The van der Waals surface area contributed by atoms with Gasteiger partial charge in [0.05, 0.1) is 18.0 Å². The van der Waals surface area contributed by atoms with E-state index in [4.69, 9.17) is 18.0 Å². The standard InChI is InChI=1S/C19H18ClN3O4S/c1-3-10-21-28(26,27)17-9-4-6-14(11-17)19(25)23(2)13-18(24)22-16-8-5-7-15(20)12-16/h1,4-9,11-12,21H,10,13H2,2H3,(H,22,24). The summed E-state index contributed by atoms with van der Waals surface area (Å²) in [5, 5.41) is 3.11. The van der Waals surface area contributed by atoms with E-state index in [9.17, 15) is 18.0 Å². The van der Waals surface area contributed by atoms with Gasteiger partial charge in [0.1, 0.15) is 0 Å². The Morgan fingerprint density at radius 1 is 1.18 bits per heavy atom. The first kappa shape index (κ1) is 21.4. The minimum Gasteiger partial charge on any atom is -0.332 e. The number of terminal acetylenes is 1. The predicted molar refractivity (Wildman–Crippen MR) is 108 cm³/mol. The molecule has 7 nitrogen and oxygen atoms in total. The number of carbonyl (C=O) groups excluding carboxylic acids is 2. The topological polar surface area (TPSA) is 95.6 Å². The van der Waals surface area contributed by atoms with Gasteiger partial charge in [-0.2, -0.15) is 4.72 Å². The van der Waals surface area contributed by atoms with Crippen LogP contribution in [0.25, 0.3) is 0 Å². The number of anilines is 1. The van der Waals surface area contributed by atoms with Gasteiger partial charge in [-0.15, -0.1) is 6.42 Å². The minimum atomic E-state index is -3.83. The second-order valence-electron chi connectivity index (χ2n) is 5.78. The van der Waals surface area contributed by atoms with Gasteiger partial charge in [-0.3, -0.25) is 9.59 Å². The van der Waals surface area contributed by atoms with E-state index in [2.05, 4.69) is 16.0 Å². The zero-order valence-corrected chi connectivity index (χ0v) is 16.5. The van der Waals surface area contributed by atoms with Gasteiger partial charge < -0.3 is 10.2 Å². The van der Waals surface area contributed by atoms with Crippen molar-refractivity contribution in [2.75, 3.05) is 25.5 Å². The average molecular weight is 420 g/mol. The zero-order chi connectivity index (χ0) is 20.7. The molecular weight excluding hydrogens is 402 g/mol. The molecule has 0 aliphatic carbocycles. The van der Waals surface area contributed by atoms with Crippen molar-refractivity contribution in [2.45, 2.75) is 4.90 Å². The summed E-state index contributed by atoms with van der Waals surface area (Å²) in [6, 6.07) is 12.1. The quantitative estimate of drug-likeness (QED) is 0.670. The van der Waals surface area contributed by atoms with Crippen molar-refractivity contribution in [3.63, 3.8) is 0 Å². The van der Waals surface area contributed by atoms with Crippen molar-refractivity contribution in [1.82, 2.24) is 9.62 Å². The Labute approximate surface area is 168 Å². The lowest BCUT2D eigenvalue weighted by atomic mass is 10.2. The highest BCUT2D eigenvalue weighted by molar-refractivity contribution is 7.89. The molecule has 2 N–H and O–H groups in total. The third-order valence-electron chi connectivity index (χ3n) is 3.59. The Balaban J connectivity index is 2.07. The van der Waals surface area contributed by atoms with Crippen LogP contribution in [-0.4, -0.2) is 45.3 Å². The fourth-order valence-corrected chi connectivity index (χ4v) is 3.46. The second-order valence-corrected chi connectivity index (χ2v) is 7.98. The van der Waals surface area contributed by atoms with Crippen LogP contribution in [0.5, 0.6) is 0 Å². The van der Waals surface area contributed by atoms with Crippen molar-refractivity contribution in [3.05, 3.63) is 59.1 Å². The van der Waals surface area contributed by atoms with Gasteiger partial charge in [0.25, 0.3) is 5.91 Å². The van der Waals surface area contributed by atoms with Gasteiger partial charge in [-0.05, 0) is 36.4 Å². The van der Waals surface area contributed by atoms with E-state index in [0.29, 0.717) is 10.7 Å². The van der Waals surface area contributed by atoms with Crippen molar-refractivity contribution < 1.29 is 18.0 Å². The molecule has 28 heavy (non-hydrogen) atoms. The lowest BCUT2D eigenvalue weighted by Gasteiger charge is -2.17. The van der Waals surface area contributed by atoms with E-state index in [1.165, 1.54) is 36.2 Å². The fraction of sp³-hybridized carbons (Fsp3) is 0.158. The maximum absolute atomic E-state index is 12.6. The number of amides is 2. The number of benzene rings is 2. The van der Waals surface area contributed by atoms with Crippen molar-refractivity contribution >= 4 is 39.1 Å². The number of rotatable bonds is 7. The molecule has 2 aromatic carbocycles. The highest BCUT2D eigenvalue weighted by atomic mass is 35.5. The normalized spacial score (nSPS) is 10.8. The number of hydrogen-bond donors (Lipinski definition) is 2. The summed E-state index contributed by atoms with van der Waals surface area (Å²) in [7, 11) is -2.38. The monoisotopic (exact) mass is 419 g/mol. The third kappa shape index (κ3) is 5.82. The Kier molecular flexibility index (Phi) is 7.18. The van der Waals surface area contributed by atoms with Gasteiger partial charge in [0, 0.05) is 23.3 Å². The van der Waals surface area contributed by atoms with E-state index >= 15 is 0 Å². The van der Waals surface area contributed by atoms with E-state index in [1.54, 1.807) is 24.3 Å². The van der Waals surface area contributed by atoms with Crippen LogP contribution >= 0.6 is 11.6 Å². The molecule has 0 atom stereocenters. The second kappa shape index (κ2) is 9.37. The average Bonchev–Trinajstić information content (AvgIpc) is 2.65. The van der Waals surface area contributed by atoms with Crippen molar-refractivity contribution in [1.29, 1.82) is 0 Å². The van der Waals surface area contributed by atoms with Gasteiger partial charge in [0.2, 0.25) is 15.9 Å². The largest absolute Gasteiger partial charge is 0.332 e. The molecule has 0 spiro atoms. The zero-order valence-electron chi connectivity index (χ0n) is 15.0. The third-order valence-corrected chi connectivity index (χ3v) is 5.23. The molecule has 0 heterocycles. The van der Waals surface area contributed by atoms with Gasteiger partial charge >= 0.3 is 0 Å². The first-order valence-electron chi connectivity index (χ1n) is 8.07. The molecule has 146 valence electrons. The Morgan fingerprint density at radius 2 is 1.89 bits per heavy atom. The summed E-state index contributed by atoms with van der Waals surface area (Å²) in [6.07, 6.45) is 5.06. The molecule has 0 saturated carbocycles. The van der Waals surface area contributed by atoms with E-state index in [1.807, 2.05) is 0 Å². The molecule has 0 radical (unpaired) electrons. The minimum absolute atomic E-state index is 0.0922. The Bertz CT molecular complexity index is 1030. The van der Waals surface area contributed by atoms with Crippen LogP contribution in [0.15, 0.2) is 53.4 Å². The van der Waals surface area contributed by atoms with Gasteiger partial charge in [0.15, 0.2) is 0 Å². The number of hydrogen-bond acceptors (Lipinski definition) is 4. The Morgan fingerprint density at radius 3 is 2.57 bits per heavy atom. The van der Waals surface area contributed by atoms with Crippen LogP contribution in [0, 0.1) is 12.3 Å². The SMILES string of the molecule is C#CCNS(=O)(=O)c1cccc(C(=O)N(C)CC(=O)Nc2cccc(Cl)c2)c1. The first-order chi connectivity index (χ1) is 13.2. The lowest BCUT2D eigenvalue weighted by Crippen LogP contribution is -2.35. The van der Waals surface area contributed by atoms with Gasteiger partial charge in [-0.25, -0.2) is 8.42 Å². The van der Waals surface area contributed by atoms with Crippen molar-refractivity contribution in [2.24, 2.45) is 0 Å².